The maximum atomic E-state index is 11.3. The van der Waals surface area contributed by atoms with Crippen LogP contribution < -0.4 is 5.32 Å². The lowest BCUT2D eigenvalue weighted by molar-refractivity contribution is -0.128. The monoisotopic (exact) mass is 173 g/mol. The van der Waals surface area contributed by atoms with E-state index >= 15 is 0 Å². The Hall–Kier alpha value is -1.79. The summed E-state index contributed by atoms with van der Waals surface area (Å²) < 4.78 is 0. The van der Waals surface area contributed by atoms with Crippen LogP contribution in [0.4, 0.5) is 5.69 Å². The number of carbonyl (C=O) groups excluding carboxylic acids is 1. The van der Waals surface area contributed by atoms with Gasteiger partial charge in [-0.3, -0.25) is 4.79 Å². The fourth-order valence-electron chi connectivity index (χ4n) is 1.39. The first kappa shape index (κ1) is 7.84. The second kappa shape index (κ2) is 2.35. The Morgan fingerprint density at radius 1 is 1.46 bits per heavy atom. The number of benzene rings is 1. The smallest absolute Gasteiger partial charge is 0.274 e. The molecule has 1 unspecified atom stereocenters. The fourth-order valence-corrected chi connectivity index (χ4v) is 1.39. The maximum Gasteiger partial charge on any atom is 0.274 e. The lowest BCUT2D eigenvalue weighted by Crippen LogP contribution is -2.32. The lowest BCUT2D eigenvalue weighted by atomic mass is 9.97. The van der Waals surface area contributed by atoms with Crippen LogP contribution in [0.5, 0.6) is 0 Å². The van der Waals surface area contributed by atoms with Crippen LogP contribution in [0.25, 0.3) is 0 Å². The number of aliphatic hydroxyl groups is 1. The Bertz CT molecular complexity index is 419. The van der Waals surface area contributed by atoms with Gasteiger partial charge in [0.05, 0.1) is 0 Å². The van der Waals surface area contributed by atoms with Crippen LogP contribution >= 0.6 is 0 Å². The van der Waals surface area contributed by atoms with E-state index in [1.807, 2.05) is 0 Å². The molecule has 1 heterocycles. The van der Waals surface area contributed by atoms with E-state index in [1.54, 1.807) is 24.3 Å². The Kier molecular flexibility index (Phi) is 1.42. The van der Waals surface area contributed by atoms with Crippen molar-refractivity contribution in [3.63, 3.8) is 0 Å². The molecule has 1 aromatic rings. The van der Waals surface area contributed by atoms with Crippen molar-refractivity contribution >= 4 is 11.6 Å². The Labute approximate surface area is 75.4 Å². The summed E-state index contributed by atoms with van der Waals surface area (Å²) in [6.45, 7) is 0. The highest BCUT2D eigenvalue weighted by Crippen LogP contribution is 2.34. The normalized spacial score (nSPS) is 24.8. The maximum absolute atomic E-state index is 11.3. The zero-order valence-electron chi connectivity index (χ0n) is 6.74. The van der Waals surface area contributed by atoms with Gasteiger partial charge in [-0.1, -0.05) is 24.1 Å². The second-order valence-corrected chi connectivity index (χ2v) is 2.85. The summed E-state index contributed by atoms with van der Waals surface area (Å²) in [6, 6.07) is 6.82. The quantitative estimate of drug-likeness (QED) is 0.560. The predicted molar refractivity (Wildman–Crippen MR) is 47.8 cm³/mol. The van der Waals surface area contributed by atoms with Gasteiger partial charge in [-0.2, -0.15) is 0 Å². The van der Waals surface area contributed by atoms with Crippen molar-refractivity contribution in [3.8, 4) is 12.3 Å². The lowest BCUT2D eigenvalue weighted by Gasteiger charge is -2.11. The number of rotatable bonds is 0. The number of amides is 1. The number of carbonyl (C=O) groups is 1. The number of para-hydroxylation sites is 1. The largest absolute Gasteiger partial charge is 0.366 e. The van der Waals surface area contributed by atoms with Gasteiger partial charge in [-0.15, -0.1) is 6.42 Å². The molecule has 1 aliphatic rings. The summed E-state index contributed by atoms with van der Waals surface area (Å²) in [6.07, 6.45) is 5.11. The highest BCUT2D eigenvalue weighted by molar-refractivity contribution is 6.07. The standard InChI is InChI=1S/C10H7NO2/c1-2-10(13)7-5-3-4-6-8(7)11-9(10)12/h1,3-6,13H,(H,11,12). The highest BCUT2D eigenvalue weighted by atomic mass is 16.3. The summed E-state index contributed by atoms with van der Waals surface area (Å²) in [7, 11) is 0. The van der Waals surface area contributed by atoms with E-state index in [4.69, 9.17) is 6.42 Å². The number of nitrogens with one attached hydrogen (secondary N) is 1. The number of fused-ring (bicyclic) bond motifs is 1. The SMILES string of the molecule is C#CC1(O)C(=O)Nc2ccccc21. The van der Waals surface area contributed by atoms with Crippen molar-refractivity contribution in [2.24, 2.45) is 0 Å². The number of hydrogen-bond acceptors (Lipinski definition) is 2. The average molecular weight is 173 g/mol. The van der Waals surface area contributed by atoms with E-state index in [0.29, 0.717) is 11.3 Å². The fraction of sp³-hybridized carbons (Fsp3) is 0.100. The molecular weight excluding hydrogens is 166 g/mol. The minimum Gasteiger partial charge on any atom is -0.366 e. The van der Waals surface area contributed by atoms with Crippen LogP contribution in [0.1, 0.15) is 5.56 Å². The van der Waals surface area contributed by atoms with Crippen molar-refractivity contribution in [2.45, 2.75) is 5.60 Å². The van der Waals surface area contributed by atoms with Gasteiger partial charge in [0.15, 0.2) is 0 Å². The van der Waals surface area contributed by atoms with Gasteiger partial charge in [-0.25, -0.2) is 0 Å². The average Bonchev–Trinajstić information content (AvgIpc) is 2.41. The molecule has 0 fully saturated rings. The molecule has 1 aromatic carbocycles. The van der Waals surface area contributed by atoms with Gasteiger partial charge in [0.2, 0.25) is 5.60 Å². The van der Waals surface area contributed by atoms with E-state index in [0.717, 1.165) is 0 Å². The molecule has 13 heavy (non-hydrogen) atoms. The summed E-state index contributed by atoms with van der Waals surface area (Å²) in [5, 5.41) is 12.3. The molecule has 0 aliphatic carbocycles. The Morgan fingerprint density at radius 3 is 2.85 bits per heavy atom. The van der Waals surface area contributed by atoms with Crippen LogP contribution in [0.2, 0.25) is 0 Å². The van der Waals surface area contributed by atoms with Crippen molar-refractivity contribution in [1.29, 1.82) is 0 Å². The van der Waals surface area contributed by atoms with E-state index < -0.39 is 11.5 Å². The Morgan fingerprint density at radius 2 is 2.15 bits per heavy atom. The molecule has 1 aliphatic heterocycles. The minimum atomic E-state index is -1.80. The first-order valence-corrected chi connectivity index (χ1v) is 3.79. The van der Waals surface area contributed by atoms with E-state index in [2.05, 4.69) is 11.2 Å². The topological polar surface area (TPSA) is 49.3 Å². The minimum absolute atomic E-state index is 0.447. The molecule has 3 nitrogen and oxygen atoms in total. The summed E-state index contributed by atoms with van der Waals surface area (Å²) in [5.41, 5.74) is -0.771. The molecule has 0 saturated heterocycles. The van der Waals surface area contributed by atoms with Crippen LogP contribution in [0.15, 0.2) is 24.3 Å². The van der Waals surface area contributed by atoms with E-state index in [1.165, 1.54) is 0 Å². The number of anilines is 1. The number of terminal acetylenes is 1. The van der Waals surface area contributed by atoms with Crippen molar-refractivity contribution in [1.82, 2.24) is 0 Å². The van der Waals surface area contributed by atoms with Crippen molar-refractivity contribution < 1.29 is 9.90 Å². The summed E-state index contributed by atoms with van der Waals surface area (Å²) >= 11 is 0. The second-order valence-electron chi connectivity index (χ2n) is 2.85. The third kappa shape index (κ3) is 0.865. The van der Waals surface area contributed by atoms with Gasteiger partial charge in [0, 0.05) is 11.3 Å². The third-order valence-electron chi connectivity index (χ3n) is 2.10. The summed E-state index contributed by atoms with van der Waals surface area (Å²) in [4.78, 5) is 11.3. The molecule has 64 valence electrons. The predicted octanol–water partition coefficient (Wildman–Crippen LogP) is 0.460. The van der Waals surface area contributed by atoms with Crippen LogP contribution in [0.3, 0.4) is 0 Å². The molecular formula is C10H7NO2. The zero-order chi connectivity index (χ0) is 9.47. The molecule has 0 radical (unpaired) electrons. The number of hydrogen-bond donors (Lipinski definition) is 2. The molecule has 2 N–H and O–H groups in total. The molecule has 0 saturated carbocycles. The molecule has 0 aromatic heterocycles. The molecule has 0 spiro atoms. The van der Waals surface area contributed by atoms with Crippen LogP contribution in [-0.4, -0.2) is 11.0 Å². The third-order valence-corrected chi connectivity index (χ3v) is 2.10. The van der Waals surface area contributed by atoms with Crippen LogP contribution in [-0.2, 0) is 10.4 Å². The van der Waals surface area contributed by atoms with Crippen molar-refractivity contribution in [3.05, 3.63) is 29.8 Å². The molecule has 1 atom stereocenters. The molecule has 0 bridgehead atoms. The van der Waals surface area contributed by atoms with Gasteiger partial charge in [0.25, 0.3) is 5.91 Å². The van der Waals surface area contributed by atoms with Crippen LogP contribution in [0, 0.1) is 12.3 Å². The van der Waals surface area contributed by atoms with E-state index in [9.17, 15) is 9.90 Å². The Balaban J connectivity index is 2.67. The summed E-state index contributed by atoms with van der Waals surface area (Å²) in [5.74, 6) is 1.53. The van der Waals surface area contributed by atoms with Gasteiger partial charge in [0.1, 0.15) is 0 Å². The van der Waals surface area contributed by atoms with Gasteiger partial charge < -0.3 is 10.4 Å². The molecule has 3 heteroatoms. The molecule has 2 rings (SSSR count). The van der Waals surface area contributed by atoms with Gasteiger partial charge in [-0.05, 0) is 6.07 Å². The van der Waals surface area contributed by atoms with Gasteiger partial charge >= 0.3 is 0 Å². The first-order valence-electron chi connectivity index (χ1n) is 3.79. The van der Waals surface area contributed by atoms with Crippen molar-refractivity contribution in [2.75, 3.05) is 5.32 Å². The zero-order valence-corrected chi connectivity index (χ0v) is 6.74. The molecule has 1 amide bonds. The van der Waals surface area contributed by atoms with E-state index in [-0.39, 0.29) is 0 Å². The highest BCUT2D eigenvalue weighted by Gasteiger charge is 2.43. The first-order chi connectivity index (χ1) is 6.18.